The number of carbonyl (C=O) groups excluding carboxylic acids is 2. The Morgan fingerprint density at radius 3 is 2.56 bits per heavy atom. The molecule has 0 atom stereocenters. The summed E-state index contributed by atoms with van der Waals surface area (Å²) in [7, 11) is 0. The first-order chi connectivity index (χ1) is 19.0. The summed E-state index contributed by atoms with van der Waals surface area (Å²) in [4.78, 5) is 43.9. The van der Waals surface area contributed by atoms with Crippen molar-refractivity contribution in [2.75, 3.05) is 29.0 Å². The van der Waals surface area contributed by atoms with E-state index in [4.69, 9.17) is 9.97 Å². The predicted octanol–water partition coefficient (Wildman–Crippen LogP) is 4.44. The van der Waals surface area contributed by atoms with Crippen LogP contribution in [0, 0.1) is 0 Å². The van der Waals surface area contributed by atoms with Crippen molar-refractivity contribution in [3.05, 3.63) is 67.1 Å². The number of aromatic nitrogens is 5. The van der Waals surface area contributed by atoms with Crippen LogP contribution in [0.3, 0.4) is 0 Å². The van der Waals surface area contributed by atoms with Gasteiger partial charge in [0.25, 0.3) is 0 Å². The van der Waals surface area contributed by atoms with Gasteiger partial charge in [-0.05, 0) is 55.0 Å². The fourth-order valence-corrected chi connectivity index (χ4v) is 4.68. The zero-order chi connectivity index (χ0) is 26.8. The van der Waals surface area contributed by atoms with Crippen molar-refractivity contribution >= 4 is 62.7 Å². The topological polar surface area (TPSA) is 130 Å². The fraction of sp³-hybridized carbons (Fsp3) is 0.214. The maximum absolute atomic E-state index is 12.1. The van der Waals surface area contributed by atoms with Crippen LogP contribution in [-0.4, -0.2) is 54.3 Å². The SMILES string of the molecule is CC(=O)Nc1ccc(Nc2nc(Nc3ccc4ncccc4c3)nc3c2ncn3CCN2CCCC2=O)cc1. The van der Waals surface area contributed by atoms with Crippen molar-refractivity contribution in [3.8, 4) is 0 Å². The van der Waals surface area contributed by atoms with Crippen molar-refractivity contribution < 1.29 is 9.59 Å². The molecule has 2 amide bonds. The van der Waals surface area contributed by atoms with Gasteiger partial charge >= 0.3 is 0 Å². The Bertz CT molecular complexity index is 1680. The zero-order valence-corrected chi connectivity index (χ0v) is 21.4. The number of benzene rings is 2. The Labute approximate surface area is 224 Å². The Hall–Kier alpha value is -5.06. The lowest BCUT2D eigenvalue weighted by Crippen LogP contribution is -2.28. The molecular formula is C28H27N9O2. The van der Waals surface area contributed by atoms with E-state index in [0.29, 0.717) is 48.1 Å². The number of amides is 2. The second-order valence-corrected chi connectivity index (χ2v) is 9.41. The van der Waals surface area contributed by atoms with Gasteiger partial charge in [-0.25, -0.2) is 4.98 Å². The number of fused-ring (bicyclic) bond motifs is 2. The highest BCUT2D eigenvalue weighted by molar-refractivity contribution is 5.90. The normalized spacial score (nSPS) is 13.3. The molecule has 0 saturated carbocycles. The van der Waals surface area contributed by atoms with Crippen LogP contribution in [0.4, 0.5) is 28.8 Å². The molecule has 2 aromatic carbocycles. The average molecular weight is 522 g/mol. The molecule has 1 saturated heterocycles. The minimum atomic E-state index is -0.130. The molecule has 0 unspecified atom stereocenters. The van der Waals surface area contributed by atoms with Crippen LogP contribution in [0.2, 0.25) is 0 Å². The van der Waals surface area contributed by atoms with Gasteiger partial charge in [-0.3, -0.25) is 14.6 Å². The Morgan fingerprint density at radius 2 is 1.77 bits per heavy atom. The Balaban J connectivity index is 1.33. The number of pyridine rings is 1. The highest BCUT2D eigenvalue weighted by Gasteiger charge is 2.21. The number of hydrogen-bond acceptors (Lipinski definition) is 8. The molecule has 11 heteroatoms. The van der Waals surface area contributed by atoms with E-state index >= 15 is 0 Å². The largest absolute Gasteiger partial charge is 0.341 e. The van der Waals surface area contributed by atoms with Crippen molar-refractivity contribution in [3.63, 3.8) is 0 Å². The van der Waals surface area contributed by atoms with Gasteiger partial charge < -0.3 is 25.4 Å². The minimum absolute atomic E-state index is 0.130. The van der Waals surface area contributed by atoms with E-state index in [1.54, 1.807) is 12.5 Å². The fourth-order valence-electron chi connectivity index (χ4n) is 4.68. The molecule has 1 aliphatic heterocycles. The quantitative estimate of drug-likeness (QED) is 0.273. The molecular weight excluding hydrogens is 494 g/mol. The van der Waals surface area contributed by atoms with E-state index in [2.05, 4.69) is 25.9 Å². The van der Waals surface area contributed by atoms with Crippen LogP contribution in [0.1, 0.15) is 19.8 Å². The number of carbonyl (C=O) groups is 2. The minimum Gasteiger partial charge on any atom is -0.341 e. The van der Waals surface area contributed by atoms with Gasteiger partial charge in [0.1, 0.15) is 0 Å². The number of nitrogens with one attached hydrogen (secondary N) is 3. The predicted molar refractivity (Wildman–Crippen MR) is 150 cm³/mol. The maximum atomic E-state index is 12.1. The van der Waals surface area contributed by atoms with Crippen molar-refractivity contribution in [2.45, 2.75) is 26.3 Å². The highest BCUT2D eigenvalue weighted by Crippen LogP contribution is 2.27. The van der Waals surface area contributed by atoms with Gasteiger partial charge in [0.15, 0.2) is 17.0 Å². The molecule has 5 aromatic rings. The van der Waals surface area contributed by atoms with Crippen LogP contribution in [0.5, 0.6) is 0 Å². The molecule has 0 aliphatic carbocycles. The standard InChI is InChI=1S/C28H27N9O2/c1-18(38)31-20-6-8-21(9-7-20)32-26-25-27(37(17-30-25)15-14-36-13-3-5-24(36)39)35-28(34-26)33-22-10-11-23-19(16-22)4-2-12-29-23/h2,4,6-12,16-17H,3,5,13-15H2,1H3,(H,31,38)(H2,32,33,34,35). The van der Waals surface area contributed by atoms with Gasteiger partial charge in [0.2, 0.25) is 17.8 Å². The molecule has 39 heavy (non-hydrogen) atoms. The van der Waals surface area contributed by atoms with E-state index < -0.39 is 0 Å². The van der Waals surface area contributed by atoms with Crippen LogP contribution in [-0.2, 0) is 16.1 Å². The molecule has 0 bridgehead atoms. The summed E-state index contributed by atoms with van der Waals surface area (Å²) in [6.07, 6.45) is 5.01. The molecule has 0 radical (unpaired) electrons. The summed E-state index contributed by atoms with van der Waals surface area (Å²) >= 11 is 0. The number of nitrogens with zero attached hydrogens (tertiary/aromatic N) is 6. The lowest BCUT2D eigenvalue weighted by atomic mass is 10.2. The molecule has 11 nitrogen and oxygen atoms in total. The lowest BCUT2D eigenvalue weighted by molar-refractivity contribution is -0.127. The molecule has 6 rings (SSSR count). The summed E-state index contributed by atoms with van der Waals surface area (Å²) < 4.78 is 1.95. The van der Waals surface area contributed by atoms with Crippen LogP contribution >= 0.6 is 0 Å². The van der Waals surface area contributed by atoms with Crippen LogP contribution in [0.15, 0.2) is 67.1 Å². The first kappa shape index (κ1) is 24.3. The number of likely N-dealkylation sites (tertiary alicyclic amines) is 1. The van der Waals surface area contributed by atoms with E-state index in [-0.39, 0.29) is 11.8 Å². The second-order valence-electron chi connectivity index (χ2n) is 9.41. The third kappa shape index (κ3) is 5.33. The monoisotopic (exact) mass is 521 g/mol. The Morgan fingerprint density at radius 1 is 0.949 bits per heavy atom. The van der Waals surface area contributed by atoms with Crippen molar-refractivity contribution in [1.82, 2.24) is 29.4 Å². The van der Waals surface area contributed by atoms with Gasteiger partial charge in [0, 0.05) is 61.6 Å². The third-order valence-electron chi connectivity index (χ3n) is 6.57. The van der Waals surface area contributed by atoms with E-state index in [1.807, 2.05) is 64.1 Å². The summed E-state index contributed by atoms with van der Waals surface area (Å²) in [6.45, 7) is 3.43. The molecule has 0 spiro atoms. The first-order valence-corrected chi connectivity index (χ1v) is 12.8. The molecule has 1 fully saturated rings. The van der Waals surface area contributed by atoms with Gasteiger partial charge in [0.05, 0.1) is 11.8 Å². The van der Waals surface area contributed by atoms with Crippen molar-refractivity contribution in [1.29, 1.82) is 0 Å². The summed E-state index contributed by atoms with van der Waals surface area (Å²) in [5.41, 5.74) is 4.48. The number of rotatable bonds is 8. The first-order valence-electron chi connectivity index (χ1n) is 12.8. The molecule has 3 N–H and O–H groups in total. The zero-order valence-electron chi connectivity index (χ0n) is 21.4. The molecule has 196 valence electrons. The number of imidazole rings is 1. The lowest BCUT2D eigenvalue weighted by Gasteiger charge is -2.16. The van der Waals surface area contributed by atoms with Gasteiger partial charge in [-0.15, -0.1) is 0 Å². The maximum Gasteiger partial charge on any atom is 0.231 e. The van der Waals surface area contributed by atoms with Crippen LogP contribution < -0.4 is 16.0 Å². The summed E-state index contributed by atoms with van der Waals surface area (Å²) in [6, 6.07) is 17.1. The van der Waals surface area contributed by atoms with E-state index in [1.165, 1.54) is 6.92 Å². The summed E-state index contributed by atoms with van der Waals surface area (Å²) in [5.74, 6) is 0.997. The van der Waals surface area contributed by atoms with Gasteiger partial charge in [-0.1, -0.05) is 6.07 Å². The Kier molecular flexibility index (Phi) is 6.45. The molecule has 3 aromatic heterocycles. The van der Waals surface area contributed by atoms with E-state index in [9.17, 15) is 9.59 Å². The highest BCUT2D eigenvalue weighted by atomic mass is 16.2. The van der Waals surface area contributed by atoms with Crippen molar-refractivity contribution in [2.24, 2.45) is 0 Å². The van der Waals surface area contributed by atoms with Crippen LogP contribution in [0.25, 0.3) is 22.1 Å². The molecule has 4 heterocycles. The van der Waals surface area contributed by atoms with Gasteiger partial charge in [-0.2, -0.15) is 9.97 Å². The third-order valence-corrected chi connectivity index (χ3v) is 6.57. The average Bonchev–Trinajstić information content (AvgIpc) is 3.54. The second kappa shape index (κ2) is 10.4. The smallest absolute Gasteiger partial charge is 0.231 e. The van der Waals surface area contributed by atoms with E-state index in [0.717, 1.165) is 35.2 Å². The number of anilines is 5. The number of hydrogen-bond donors (Lipinski definition) is 3. The molecule has 1 aliphatic rings. The summed E-state index contributed by atoms with van der Waals surface area (Å²) in [5, 5.41) is 10.4.